The second-order valence-electron chi connectivity index (χ2n) is 6.48. The van der Waals surface area contributed by atoms with Crippen molar-refractivity contribution in [1.82, 2.24) is 25.2 Å². The Kier molecular flexibility index (Phi) is 3.78. The Morgan fingerprint density at radius 2 is 2.05 bits per heavy atom. The lowest BCUT2D eigenvalue weighted by Gasteiger charge is -2.44. The van der Waals surface area contributed by atoms with E-state index >= 15 is 0 Å². The summed E-state index contributed by atoms with van der Waals surface area (Å²) in [5, 5.41) is 11.9. The summed E-state index contributed by atoms with van der Waals surface area (Å²) in [6.07, 6.45) is 2.00. The molecule has 5 heteroatoms. The summed E-state index contributed by atoms with van der Waals surface area (Å²) < 4.78 is 1.76. The number of nitrogens with zero attached hydrogens (tertiary/aromatic N) is 4. The number of nitrogens with one attached hydrogen (secondary N) is 1. The zero-order chi connectivity index (χ0) is 14.9. The second-order valence-corrected chi connectivity index (χ2v) is 6.48. The Morgan fingerprint density at radius 1 is 1.29 bits per heavy atom. The van der Waals surface area contributed by atoms with Gasteiger partial charge in [-0.2, -0.15) is 0 Å². The van der Waals surface area contributed by atoms with Gasteiger partial charge in [-0.25, -0.2) is 0 Å². The van der Waals surface area contributed by atoms with Gasteiger partial charge in [-0.15, -0.1) is 5.10 Å². The predicted molar refractivity (Wildman–Crippen MR) is 82.7 cm³/mol. The van der Waals surface area contributed by atoms with Crippen LogP contribution in [0.15, 0.2) is 36.5 Å². The molecule has 1 aromatic heterocycles. The first kappa shape index (κ1) is 14.2. The zero-order valence-corrected chi connectivity index (χ0v) is 13.0. The van der Waals surface area contributed by atoms with Gasteiger partial charge in [0.25, 0.3) is 0 Å². The van der Waals surface area contributed by atoms with Gasteiger partial charge in [0.05, 0.1) is 5.69 Å². The topological polar surface area (TPSA) is 46.0 Å². The third-order valence-electron chi connectivity index (χ3n) is 4.01. The molecule has 3 rings (SSSR count). The van der Waals surface area contributed by atoms with Gasteiger partial charge in [-0.1, -0.05) is 35.5 Å². The molecule has 1 saturated heterocycles. The molecule has 21 heavy (non-hydrogen) atoms. The highest BCUT2D eigenvalue weighted by Gasteiger charge is 2.33. The second kappa shape index (κ2) is 5.58. The van der Waals surface area contributed by atoms with Crippen LogP contribution in [0.4, 0.5) is 0 Å². The van der Waals surface area contributed by atoms with Crippen molar-refractivity contribution in [1.29, 1.82) is 0 Å². The van der Waals surface area contributed by atoms with Crippen LogP contribution in [0.2, 0.25) is 0 Å². The Labute approximate surface area is 126 Å². The highest BCUT2D eigenvalue weighted by atomic mass is 15.4. The molecule has 2 heterocycles. The first-order valence-corrected chi connectivity index (χ1v) is 7.43. The van der Waals surface area contributed by atoms with Gasteiger partial charge < -0.3 is 5.32 Å². The van der Waals surface area contributed by atoms with E-state index in [4.69, 9.17) is 0 Å². The Balaban J connectivity index is 1.83. The summed E-state index contributed by atoms with van der Waals surface area (Å²) in [6.45, 7) is 7.27. The monoisotopic (exact) mass is 285 g/mol. The van der Waals surface area contributed by atoms with Gasteiger partial charge in [0.15, 0.2) is 0 Å². The molecule has 1 aromatic carbocycles. The molecule has 0 amide bonds. The van der Waals surface area contributed by atoms with Crippen LogP contribution in [0.5, 0.6) is 0 Å². The van der Waals surface area contributed by atoms with Gasteiger partial charge in [-0.05, 0) is 19.4 Å². The Morgan fingerprint density at radius 3 is 2.71 bits per heavy atom. The van der Waals surface area contributed by atoms with Crippen LogP contribution >= 0.6 is 0 Å². The van der Waals surface area contributed by atoms with Gasteiger partial charge in [0.1, 0.15) is 0 Å². The highest BCUT2D eigenvalue weighted by Crippen LogP contribution is 2.28. The first-order valence-electron chi connectivity index (χ1n) is 7.43. The summed E-state index contributed by atoms with van der Waals surface area (Å²) in [5.41, 5.74) is 2.49. The largest absolute Gasteiger partial charge is 0.309 e. The number of piperazine rings is 1. The van der Waals surface area contributed by atoms with E-state index in [9.17, 15) is 0 Å². The van der Waals surface area contributed by atoms with Crippen LogP contribution in [-0.4, -0.2) is 38.5 Å². The van der Waals surface area contributed by atoms with Crippen molar-refractivity contribution < 1.29 is 0 Å². The minimum atomic E-state index is 0.119. The average Bonchev–Trinajstić information content (AvgIpc) is 2.84. The highest BCUT2D eigenvalue weighted by molar-refractivity contribution is 5.21. The van der Waals surface area contributed by atoms with E-state index in [1.165, 1.54) is 5.56 Å². The molecule has 0 radical (unpaired) electrons. The van der Waals surface area contributed by atoms with E-state index in [-0.39, 0.29) is 5.54 Å². The molecule has 1 aliphatic rings. The number of benzene rings is 1. The molecule has 1 unspecified atom stereocenters. The summed E-state index contributed by atoms with van der Waals surface area (Å²) in [7, 11) is 1.91. The SMILES string of the molecule is Cn1cc(CN2CC(C)(C)NCC2c2ccccc2)nn1. The third-order valence-corrected chi connectivity index (χ3v) is 4.01. The molecule has 0 aliphatic carbocycles. The van der Waals surface area contributed by atoms with Crippen LogP contribution in [0.3, 0.4) is 0 Å². The van der Waals surface area contributed by atoms with Crippen LogP contribution in [0.25, 0.3) is 0 Å². The van der Waals surface area contributed by atoms with E-state index in [0.29, 0.717) is 6.04 Å². The van der Waals surface area contributed by atoms with Crippen LogP contribution < -0.4 is 5.32 Å². The number of aryl methyl sites for hydroxylation is 1. The average molecular weight is 285 g/mol. The Bertz CT molecular complexity index is 590. The normalized spacial score (nSPS) is 22.3. The lowest BCUT2D eigenvalue weighted by Crippen LogP contribution is -2.57. The van der Waals surface area contributed by atoms with E-state index in [0.717, 1.165) is 25.3 Å². The number of rotatable bonds is 3. The van der Waals surface area contributed by atoms with Gasteiger partial charge >= 0.3 is 0 Å². The van der Waals surface area contributed by atoms with Crippen molar-refractivity contribution in [2.45, 2.75) is 32.0 Å². The molecule has 0 spiro atoms. The van der Waals surface area contributed by atoms with Crippen molar-refractivity contribution >= 4 is 0 Å². The number of aromatic nitrogens is 3. The maximum atomic E-state index is 4.24. The standard InChI is InChI=1S/C16H23N5/c1-16(2)12-21(11-14-10-20(3)19-18-14)15(9-17-16)13-7-5-4-6-8-13/h4-8,10,15,17H,9,11-12H2,1-3H3. The first-order chi connectivity index (χ1) is 10.0. The summed E-state index contributed by atoms with van der Waals surface area (Å²) >= 11 is 0. The maximum Gasteiger partial charge on any atom is 0.0967 e. The van der Waals surface area contributed by atoms with Crippen molar-refractivity contribution in [2.75, 3.05) is 13.1 Å². The molecular weight excluding hydrogens is 262 g/mol. The molecule has 0 saturated carbocycles. The van der Waals surface area contributed by atoms with Crippen molar-refractivity contribution in [3.63, 3.8) is 0 Å². The number of hydrogen-bond acceptors (Lipinski definition) is 4. The van der Waals surface area contributed by atoms with E-state index < -0.39 is 0 Å². The maximum absolute atomic E-state index is 4.24. The van der Waals surface area contributed by atoms with E-state index in [1.54, 1.807) is 4.68 Å². The van der Waals surface area contributed by atoms with Crippen LogP contribution in [-0.2, 0) is 13.6 Å². The van der Waals surface area contributed by atoms with Gasteiger partial charge in [0, 0.05) is 44.5 Å². The molecule has 112 valence electrons. The third kappa shape index (κ3) is 3.31. The zero-order valence-electron chi connectivity index (χ0n) is 13.0. The van der Waals surface area contributed by atoms with E-state index in [2.05, 4.69) is 64.7 Å². The van der Waals surface area contributed by atoms with Gasteiger partial charge in [0.2, 0.25) is 0 Å². The molecule has 2 aromatic rings. The van der Waals surface area contributed by atoms with Crippen LogP contribution in [0, 0.1) is 0 Å². The smallest absolute Gasteiger partial charge is 0.0967 e. The fourth-order valence-electron chi connectivity index (χ4n) is 3.02. The fraction of sp³-hybridized carbons (Fsp3) is 0.500. The molecule has 1 N–H and O–H groups in total. The molecule has 0 bridgehead atoms. The Hall–Kier alpha value is -1.72. The summed E-state index contributed by atoms with van der Waals surface area (Å²) in [4.78, 5) is 2.50. The predicted octanol–water partition coefficient (Wildman–Crippen LogP) is 1.74. The van der Waals surface area contributed by atoms with Crippen LogP contribution in [0.1, 0.15) is 31.1 Å². The molecule has 1 atom stereocenters. The fourth-order valence-corrected chi connectivity index (χ4v) is 3.02. The van der Waals surface area contributed by atoms with E-state index in [1.807, 2.05) is 13.2 Å². The molecule has 1 aliphatic heterocycles. The quantitative estimate of drug-likeness (QED) is 0.933. The summed E-state index contributed by atoms with van der Waals surface area (Å²) in [6, 6.07) is 11.1. The van der Waals surface area contributed by atoms with Crippen molar-refractivity contribution in [3.8, 4) is 0 Å². The minimum Gasteiger partial charge on any atom is -0.309 e. The number of hydrogen-bond donors (Lipinski definition) is 1. The molecule has 1 fully saturated rings. The molecule has 5 nitrogen and oxygen atoms in total. The minimum absolute atomic E-state index is 0.119. The lowest BCUT2D eigenvalue weighted by molar-refractivity contribution is 0.0868. The van der Waals surface area contributed by atoms with Crippen molar-refractivity contribution in [3.05, 3.63) is 47.8 Å². The lowest BCUT2D eigenvalue weighted by atomic mass is 9.95. The van der Waals surface area contributed by atoms with Gasteiger partial charge in [-0.3, -0.25) is 9.58 Å². The summed E-state index contributed by atoms with van der Waals surface area (Å²) in [5.74, 6) is 0. The van der Waals surface area contributed by atoms with Crippen molar-refractivity contribution in [2.24, 2.45) is 7.05 Å². The molecular formula is C16H23N5.